The molecule has 3 fully saturated rings. The molecule has 3 heterocycles. The van der Waals surface area contributed by atoms with Crippen LogP contribution in [-0.4, -0.2) is 66.8 Å². The van der Waals surface area contributed by atoms with Gasteiger partial charge in [0.1, 0.15) is 0 Å². The van der Waals surface area contributed by atoms with Crippen molar-refractivity contribution < 1.29 is 9.53 Å². The number of amides is 1. The number of carbonyl (C=O) groups is 1. The zero-order valence-electron chi connectivity index (χ0n) is 13.2. The molecule has 3 rings (SSSR count). The van der Waals surface area contributed by atoms with Crippen LogP contribution in [0.5, 0.6) is 0 Å². The van der Waals surface area contributed by atoms with Gasteiger partial charge in [0.05, 0.1) is 6.61 Å². The van der Waals surface area contributed by atoms with E-state index in [0.29, 0.717) is 18.7 Å². The molecule has 0 saturated carbocycles. The number of likely N-dealkylation sites (tertiary alicyclic amines) is 1. The average Bonchev–Trinajstić information content (AvgIpc) is 2.92. The van der Waals surface area contributed by atoms with Gasteiger partial charge in [0.15, 0.2) is 0 Å². The van der Waals surface area contributed by atoms with Gasteiger partial charge in [0, 0.05) is 37.8 Å². The maximum atomic E-state index is 11.7. The summed E-state index contributed by atoms with van der Waals surface area (Å²) >= 11 is 0. The second-order valence-electron chi connectivity index (χ2n) is 6.62. The summed E-state index contributed by atoms with van der Waals surface area (Å²) < 4.78 is 5.08. The molecule has 0 spiro atoms. The van der Waals surface area contributed by atoms with Gasteiger partial charge in [-0.25, -0.2) is 4.79 Å². The first kappa shape index (κ1) is 15.1. The minimum absolute atomic E-state index is 0.143. The van der Waals surface area contributed by atoms with Crippen molar-refractivity contribution in [2.24, 2.45) is 0 Å². The molecule has 1 amide bonds. The summed E-state index contributed by atoms with van der Waals surface area (Å²) in [7, 11) is 0. The van der Waals surface area contributed by atoms with Crippen molar-refractivity contribution in [2.75, 3.05) is 32.8 Å². The average molecular weight is 295 g/mol. The molecule has 1 N–H and O–H groups in total. The van der Waals surface area contributed by atoms with E-state index in [1.54, 1.807) is 0 Å². The van der Waals surface area contributed by atoms with Crippen LogP contribution in [0.4, 0.5) is 4.79 Å². The zero-order chi connectivity index (χ0) is 14.7. The van der Waals surface area contributed by atoms with Gasteiger partial charge in [-0.05, 0) is 45.6 Å². The van der Waals surface area contributed by atoms with Crippen LogP contribution in [0.3, 0.4) is 0 Å². The lowest BCUT2D eigenvalue weighted by molar-refractivity contribution is 0.0928. The minimum Gasteiger partial charge on any atom is -0.450 e. The Morgan fingerprint density at radius 1 is 1.10 bits per heavy atom. The lowest BCUT2D eigenvalue weighted by atomic mass is 9.96. The Morgan fingerprint density at radius 3 is 2.67 bits per heavy atom. The van der Waals surface area contributed by atoms with E-state index in [0.717, 1.165) is 32.0 Å². The van der Waals surface area contributed by atoms with Crippen molar-refractivity contribution in [1.82, 2.24) is 15.1 Å². The predicted octanol–water partition coefficient (Wildman–Crippen LogP) is 1.82. The molecule has 3 saturated heterocycles. The Morgan fingerprint density at radius 2 is 1.90 bits per heavy atom. The Balaban J connectivity index is 1.44. The van der Waals surface area contributed by atoms with Gasteiger partial charge >= 0.3 is 6.09 Å². The molecule has 21 heavy (non-hydrogen) atoms. The molecule has 120 valence electrons. The first-order valence-corrected chi connectivity index (χ1v) is 8.69. The number of hydrogen-bond donors (Lipinski definition) is 1. The van der Waals surface area contributed by atoms with E-state index in [1.807, 2.05) is 11.8 Å². The first-order valence-electron chi connectivity index (χ1n) is 8.69. The Kier molecular flexibility index (Phi) is 5.01. The van der Waals surface area contributed by atoms with Gasteiger partial charge < -0.3 is 15.0 Å². The van der Waals surface area contributed by atoms with E-state index in [1.165, 1.54) is 38.8 Å². The van der Waals surface area contributed by atoms with Gasteiger partial charge in [-0.3, -0.25) is 4.90 Å². The normalized spacial score (nSPS) is 31.2. The van der Waals surface area contributed by atoms with E-state index in [2.05, 4.69) is 10.2 Å². The van der Waals surface area contributed by atoms with Crippen LogP contribution in [0, 0.1) is 0 Å². The fourth-order valence-corrected chi connectivity index (χ4v) is 4.19. The van der Waals surface area contributed by atoms with E-state index < -0.39 is 0 Å². The summed E-state index contributed by atoms with van der Waals surface area (Å²) in [6, 6.07) is 2.01. The molecule has 2 atom stereocenters. The maximum absolute atomic E-state index is 11.7. The van der Waals surface area contributed by atoms with Crippen LogP contribution in [0.15, 0.2) is 0 Å². The van der Waals surface area contributed by atoms with Crippen molar-refractivity contribution >= 4 is 6.09 Å². The molecule has 3 aliphatic rings. The highest BCUT2D eigenvalue weighted by Crippen LogP contribution is 2.28. The van der Waals surface area contributed by atoms with Gasteiger partial charge in [0.25, 0.3) is 0 Å². The molecular formula is C16H29N3O2. The smallest absolute Gasteiger partial charge is 0.409 e. The molecule has 0 aromatic heterocycles. The third kappa shape index (κ3) is 3.51. The van der Waals surface area contributed by atoms with Crippen molar-refractivity contribution in [2.45, 2.75) is 63.6 Å². The van der Waals surface area contributed by atoms with Crippen molar-refractivity contribution in [1.29, 1.82) is 0 Å². The zero-order valence-corrected chi connectivity index (χ0v) is 13.2. The number of piperidine rings is 2. The Labute approximate surface area is 128 Å². The van der Waals surface area contributed by atoms with Gasteiger partial charge in [0.2, 0.25) is 0 Å². The number of hydrogen-bond acceptors (Lipinski definition) is 4. The minimum atomic E-state index is -0.143. The fourth-order valence-electron chi connectivity index (χ4n) is 4.19. The molecule has 5 heteroatoms. The predicted molar refractivity (Wildman–Crippen MR) is 82.4 cm³/mol. The molecule has 0 aliphatic carbocycles. The summed E-state index contributed by atoms with van der Waals surface area (Å²) in [6.07, 6.45) is 7.39. The Hall–Kier alpha value is -0.810. The summed E-state index contributed by atoms with van der Waals surface area (Å²) in [6.45, 7) is 6.56. The molecular weight excluding hydrogens is 266 g/mol. The third-order valence-electron chi connectivity index (χ3n) is 5.33. The number of rotatable bonds is 3. The molecule has 5 nitrogen and oxygen atoms in total. The van der Waals surface area contributed by atoms with Crippen LogP contribution in [0.1, 0.15) is 45.4 Å². The number of nitrogens with zero attached hydrogens (tertiary/aromatic N) is 2. The van der Waals surface area contributed by atoms with E-state index in [4.69, 9.17) is 4.74 Å². The van der Waals surface area contributed by atoms with Crippen molar-refractivity contribution in [3.8, 4) is 0 Å². The summed E-state index contributed by atoms with van der Waals surface area (Å²) in [5.74, 6) is 0. The highest BCUT2D eigenvalue weighted by atomic mass is 16.6. The summed E-state index contributed by atoms with van der Waals surface area (Å²) in [5.41, 5.74) is 0. The molecule has 0 aromatic carbocycles. The number of nitrogens with one attached hydrogen (secondary N) is 1. The maximum Gasteiger partial charge on any atom is 0.409 e. The van der Waals surface area contributed by atoms with Crippen molar-refractivity contribution in [3.63, 3.8) is 0 Å². The van der Waals surface area contributed by atoms with Crippen LogP contribution in [-0.2, 0) is 4.74 Å². The van der Waals surface area contributed by atoms with E-state index in [9.17, 15) is 4.79 Å². The first-order chi connectivity index (χ1) is 10.3. The second-order valence-corrected chi connectivity index (χ2v) is 6.62. The van der Waals surface area contributed by atoms with Gasteiger partial charge in [-0.15, -0.1) is 0 Å². The number of fused-ring (bicyclic) bond motifs is 1. The van der Waals surface area contributed by atoms with Crippen molar-refractivity contribution in [3.05, 3.63) is 0 Å². The standard InChI is InChI=1S/C16H29N3O2/c1-2-21-16(20)19-10-6-13(7-11-19)17-14-8-12-18-9-4-3-5-15(14)18/h13-15,17H,2-12H2,1H3. The topological polar surface area (TPSA) is 44.8 Å². The largest absolute Gasteiger partial charge is 0.450 e. The molecule has 0 aromatic rings. The summed E-state index contributed by atoms with van der Waals surface area (Å²) in [5, 5.41) is 3.89. The molecule has 2 unspecified atom stereocenters. The Bertz CT molecular complexity index is 355. The number of ether oxygens (including phenoxy) is 1. The van der Waals surface area contributed by atoms with E-state index in [-0.39, 0.29) is 6.09 Å². The highest BCUT2D eigenvalue weighted by molar-refractivity contribution is 5.67. The second kappa shape index (κ2) is 6.97. The molecule has 0 bridgehead atoms. The summed E-state index contributed by atoms with van der Waals surface area (Å²) in [4.78, 5) is 16.2. The number of carbonyl (C=O) groups excluding carboxylic acids is 1. The molecule has 3 aliphatic heterocycles. The van der Waals surface area contributed by atoms with Crippen LogP contribution in [0.2, 0.25) is 0 Å². The lowest BCUT2D eigenvalue weighted by Gasteiger charge is -2.37. The lowest BCUT2D eigenvalue weighted by Crippen LogP contribution is -2.52. The quantitative estimate of drug-likeness (QED) is 0.863. The van der Waals surface area contributed by atoms with Crippen LogP contribution in [0.25, 0.3) is 0 Å². The van der Waals surface area contributed by atoms with Gasteiger partial charge in [-0.1, -0.05) is 6.42 Å². The van der Waals surface area contributed by atoms with Gasteiger partial charge in [-0.2, -0.15) is 0 Å². The third-order valence-corrected chi connectivity index (χ3v) is 5.33. The molecule has 0 radical (unpaired) electrons. The SMILES string of the molecule is CCOC(=O)N1CCC(NC2CCN3CCCCC23)CC1. The van der Waals surface area contributed by atoms with E-state index >= 15 is 0 Å². The monoisotopic (exact) mass is 295 g/mol. The van der Waals surface area contributed by atoms with Crippen LogP contribution >= 0.6 is 0 Å². The fraction of sp³-hybridized carbons (Fsp3) is 0.938. The van der Waals surface area contributed by atoms with Crippen LogP contribution < -0.4 is 5.32 Å². The highest BCUT2D eigenvalue weighted by Gasteiger charge is 2.36.